The summed E-state index contributed by atoms with van der Waals surface area (Å²) >= 11 is 6.61. The number of halogens is 1. The third-order valence-electron chi connectivity index (χ3n) is 10.0. The molecule has 4 rings (SSSR count). The Kier molecular flexibility index (Phi) is 18.8. The van der Waals surface area contributed by atoms with E-state index in [0.29, 0.717) is 6.42 Å². The first-order chi connectivity index (χ1) is 27.4. The summed E-state index contributed by atoms with van der Waals surface area (Å²) in [5, 5.41) is 30.5. The molecule has 2 heterocycles. The number of aliphatic hydroxyl groups is 3. The second-order valence-electron chi connectivity index (χ2n) is 15.7. The molecule has 1 saturated heterocycles. The Balaban J connectivity index is 1.20. The highest BCUT2D eigenvalue weighted by Gasteiger charge is 2.47. The summed E-state index contributed by atoms with van der Waals surface area (Å²) in [7, 11) is 2.67. The second-order valence-corrected chi connectivity index (χ2v) is 16.1. The fraction of sp³-hybridized carbons (Fsp3) is 0.651. The van der Waals surface area contributed by atoms with E-state index in [1.165, 1.54) is 84.1 Å². The van der Waals surface area contributed by atoms with Gasteiger partial charge in [0.05, 0.1) is 29.8 Å². The van der Waals surface area contributed by atoms with Crippen LogP contribution < -0.4 is 9.47 Å². The standard InChI is InChI=1S/C43H63ClN2O11/c1-43(2,3)57-37(48)23-17-15-13-11-9-7-6-8-10-12-14-16-20-24-46-32-22-19-18-21-31(32)45-36(46)28-54-34-26-33(52-4)29(25-30(34)44)41(51)56-40-39(50)38(49)35(27-47)55-42(40)53-5/h18-19,21-22,25-26,35,38-40,42,47,49-50H,6-17,20,23-24,27-28H2,1-5H3/t35-,38-,39+,40-,42+/m1/s1. The molecule has 1 aromatic heterocycles. The Labute approximate surface area is 341 Å². The first-order valence-electron chi connectivity index (χ1n) is 20.4. The Morgan fingerprint density at radius 1 is 0.860 bits per heavy atom. The lowest BCUT2D eigenvalue weighted by molar-refractivity contribution is -0.293. The van der Waals surface area contributed by atoms with E-state index in [-0.39, 0.29) is 34.7 Å². The number of methoxy groups -OCH3 is 2. The maximum Gasteiger partial charge on any atom is 0.342 e. The first kappa shape index (κ1) is 46.2. The number of aryl methyl sites for hydroxylation is 1. The van der Waals surface area contributed by atoms with Crippen LogP contribution in [0.15, 0.2) is 36.4 Å². The number of hydrogen-bond acceptors (Lipinski definition) is 12. The number of benzene rings is 2. The van der Waals surface area contributed by atoms with Crippen LogP contribution >= 0.6 is 11.6 Å². The number of para-hydroxylation sites is 2. The molecule has 0 aliphatic carbocycles. The predicted octanol–water partition coefficient (Wildman–Crippen LogP) is 7.69. The third kappa shape index (κ3) is 14.1. The molecule has 57 heavy (non-hydrogen) atoms. The molecule has 0 spiro atoms. The molecule has 318 valence electrons. The molecule has 5 atom stereocenters. The average Bonchev–Trinajstić information content (AvgIpc) is 3.53. The zero-order valence-corrected chi connectivity index (χ0v) is 35.0. The largest absolute Gasteiger partial charge is 0.496 e. The van der Waals surface area contributed by atoms with Gasteiger partial charge in [-0.25, -0.2) is 9.78 Å². The minimum absolute atomic E-state index is 0.0388. The van der Waals surface area contributed by atoms with Gasteiger partial charge in [0.1, 0.15) is 53.4 Å². The molecular formula is C43H63ClN2O11. The lowest BCUT2D eigenvalue weighted by atomic mass is 9.99. The molecule has 0 radical (unpaired) electrons. The van der Waals surface area contributed by atoms with Gasteiger partial charge in [-0.15, -0.1) is 0 Å². The summed E-state index contributed by atoms with van der Waals surface area (Å²) in [4.78, 5) is 29.9. The summed E-state index contributed by atoms with van der Waals surface area (Å²) in [6.07, 6.45) is 8.95. The van der Waals surface area contributed by atoms with Crippen LogP contribution in [0.4, 0.5) is 0 Å². The number of nitrogens with zero attached hydrogens (tertiary/aromatic N) is 2. The van der Waals surface area contributed by atoms with Gasteiger partial charge >= 0.3 is 11.9 Å². The number of imidazole rings is 1. The van der Waals surface area contributed by atoms with Crippen LogP contribution in [0.5, 0.6) is 11.5 Å². The summed E-state index contributed by atoms with van der Waals surface area (Å²) in [5.74, 6) is 0.142. The number of carbonyl (C=O) groups excluding carboxylic acids is 2. The van der Waals surface area contributed by atoms with E-state index in [0.717, 1.165) is 49.1 Å². The molecule has 0 bridgehead atoms. The van der Waals surface area contributed by atoms with Gasteiger partial charge in [0.2, 0.25) is 0 Å². The Hall–Kier alpha value is -3.46. The molecule has 1 fully saturated rings. The van der Waals surface area contributed by atoms with Crippen molar-refractivity contribution in [1.29, 1.82) is 0 Å². The molecule has 3 aromatic rings. The zero-order chi connectivity index (χ0) is 41.4. The van der Waals surface area contributed by atoms with Gasteiger partial charge in [0.25, 0.3) is 0 Å². The van der Waals surface area contributed by atoms with Crippen molar-refractivity contribution >= 4 is 34.6 Å². The fourth-order valence-electron chi connectivity index (χ4n) is 7.04. The summed E-state index contributed by atoms with van der Waals surface area (Å²) in [6.45, 7) is 6.07. The van der Waals surface area contributed by atoms with Crippen LogP contribution in [-0.4, -0.2) is 93.9 Å². The van der Waals surface area contributed by atoms with Crippen molar-refractivity contribution in [3.8, 4) is 11.5 Å². The quantitative estimate of drug-likeness (QED) is 0.0597. The first-order valence-corrected chi connectivity index (χ1v) is 20.8. The Morgan fingerprint density at radius 3 is 2.07 bits per heavy atom. The van der Waals surface area contributed by atoms with E-state index >= 15 is 0 Å². The summed E-state index contributed by atoms with van der Waals surface area (Å²) in [6, 6.07) is 10.8. The number of aliphatic hydroxyl groups excluding tert-OH is 3. The number of unbranched alkanes of at least 4 members (excludes halogenated alkanes) is 12. The van der Waals surface area contributed by atoms with Crippen molar-refractivity contribution in [1.82, 2.24) is 9.55 Å². The number of ether oxygens (including phenoxy) is 6. The van der Waals surface area contributed by atoms with Gasteiger partial charge in [0.15, 0.2) is 12.4 Å². The Bertz CT molecular complexity index is 1690. The lowest BCUT2D eigenvalue weighted by Crippen LogP contribution is -2.60. The molecule has 2 aromatic carbocycles. The maximum absolute atomic E-state index is 13.3. The molecule has 0 amide bonds. The van der Waals surface area contributed by atoms with Crippen molar-refractivity contribution in [3.05, 3.63) is 52.8 Å². The highest BCUT2D eigenvalue weighted by Crippen LogP contribution is 2.35. The topological polar surface area (TPSA) is 168 Å². The number of esters is 2. The summed E-state index contributed by atoms with van der Waals surface area (Å²) in [5.41, 5.74) is 1.46. The van der Waals surface area contributed by atoms with Crippen molar-refractivity contribution in [2.45, 2.75) is 160 Å². The van der Waals surface area contributed by atoms with Crippen molar-refractivity contribution in [2.75, 3.05) is 20.8 Å². The van der Waals surface area contributed by atoms with Gasteiger partial charge in [-0.2, -0.15) is 0 Å². The average molecular weight is 819 g/mol. The van der Waals surface area contributed by atoms with Gasteiger partial charge in [-0.3, -0.25) is 4.79 Å². The molecule has 14 heteroatoms. The van der Waals surface area contributed by atoms with Crippen molar-refractivity contribution in [3.63, 3.8) is 0 Å². The van der Waals surface area contributed by atoms with Gasteiger partial charge < -0.3 is 48.3 Å². The third-order valence-corrected chi connectivity index (χ3v) is 10.3. The van der Waals surface area contributed by atoms with Gasteiger partial charge in [-0.05, 0) is 51.8 Å². The monoisotopic (exact) mass is 818 g/mol. The number of hydrogen-bond donors (Lipinski definition) is 3. The molecule has 1 aliphatic rings. The number of aromatic nitrogens is 2. The van der Waals surface area contributed by atoms with E-state index in [2.05, 4.69) is 10.6 Å². The van der Waals surface area contributed by atoms with Crippen LogP contribution in [0.25, 0.3) is 11.0 Å². The normalized spacial score (nSPS) is 19.8. The molecule has 0 saturated carbocycles. The minimum Gasteiger partial charge on any atom is -0.496 e. The van der Waals surface area contributed by atoms with Crippen molar-refractivity contribution < 1.29 is 53.3 Å². The highest BCUT2D eigenvalue weighted by atomic mass is 35.5. The highest BCUT2D eigenvalue weighted by molar-refractivity contribution is 6.32. The lowest BCUT2D eigenvalue weighted by Gasteiger charge is -2.40. The van der Waals surface area contributed by atoms with Crippen LogP contribution in [0, 0.1) is 0 Å². The molecule has 3 N–H and O–H groups in total. The van der Waals surface area contributed by atoms with E-state index in [1.807, 2.05) is 39.0 Å². The SMILES string of the molecule is COc1cc(OCc2nc3ccccc3n2CCCCCCCCCCCCCCCC(=O)OC(C)(C)C)c(Cl)cc1C(=O)O[C@H]1[C@@H](OC)O[C@H](CO)[C@@H](O)[C@@H]1O. The zero-order valence-electron chi connectivity index (χ0n) is 34.3. The fourth-order valence-corrected chi connectivity index (χ4v) is 7.25. The van der Waals surface area contributed by atoms with Crippen LogP contribution in [0.1, 0.15) is 127 Å². The summed E-state index contributed by atoms with van der Waals surface area (Å²) < 4.78 is 35.4. The van der Waals surface area contributed by atoms with Crippen LogP contribution in [0.3, 0.4) is 0 Å². The molecule has 1 aliphatic heterocycles. The minimum atomic E-state index is -1.58. The van der Waals surface area contributed by atoms with E-state index in [4.69, 9.17) is 45.0 Å². The predicted molar refractivity (Wildman–Crippen MR) is 217 cm³/mol. The molecule has 13 nitrogen and oxygen atoms in total. The smallest absolute Gasteiger partial charge is 0.342 e. The maximum atomic E-state index is 13.3. The molecular weight excluding hydrogens is 756 g/mol. The van der Waals surface area contributed by atoms with Gasteiger partial charge in [-0.1, -0.05) is 94.4 Å². The van der Waals surface area contributed by atoms with Crippen LogP contribution in [0.2, 0.25) is 5.02 Å². The number of fused-ring (bicyclic) bond motifs is 1. The second kappa shape index (κ2) is 23.2. The molecule has 0 unspecified atom stereocenters. The van der Waals surface area contributed by atoms with E-state index < -0.39 is 48.9 Å². The van der Waals surface area contributed by atoms with Crippen molar-refractivity contribution in [2.24, 2.45) is 0 Å². The van der Waals surface area contributed by atoms with E-state index in [1.54, 1.807) is 0 Å². The van der Waals surface area contributed by atoms with Gasteiger partial charge in [0, 0.05) is 26.1 Å². The number of carbonyl (C=O) groups is 2. The Morgan fingerprint density at radius 2 is 1.47 bits per heavy atom. The van der Waals surface area contributed by atoms with E-state index in [9.17, 15) is 24.9 Å². The number of rotatable bonds is 24. The van der Waals surface area contributed by atoms with Crippen LogP contribution in [-0.2, 0) is 36.9 Å².